The number of hydrogen-bond donors (Lipinski definition) is 0. The van der Waals surface area contributed by atoms with Crippen LogP contribution < -0.4 is 4.74 Å². The molecule has 8 heteroatoms. The van der Waals surface area contributed by atoms with Gasteiger partial charge in [-0.25, -0.2) is 22.0 Å². The van der Waals surface area contributed by atoms with Crippen LogP contribution in [0.15, 0.2) is 60.7 Å². The van der Waals surface area contributed by atoms with Gasteiger partial charge in [0.15, 0.2) is 17.4 Å². The molecule has 0 unspecified atom stereocenters. The van der Waals surface area contributed by atoms with Gasteiger partial charge in [0.25, 0.3) is 0 Å². The second-order valence-corrected chi connectivity index (χ2v) is 7.75. The van der Waals surface area contributed by atoms with Crippen LogP contribution in [0.2, 0.25) is 0 Å². The fraction of sp³-hybridized carbons (Fsp3) is 0.0370. The first-order valence-electron chi connectivity index (χ1n) is 10.2. The lowest BCUT2D eigenvalue weighted by atomic mass is 9.85. The van der Waals surface area contributed by atoms with Crippen molar-refractivity contribution in [3.63, 3.8) is 0 Å². The summed E-state index contributed by atoms with van der Waals surface area (Å²) >= 11 is 0. The highest BCUT2D eigenvalue weighted by atomic mass is 19.2. The average molecular weight is 486 g/mol. The first-order valence-corrected chi connectivity index (χ1v) is 10.2. The largest absolute Gasteiger partial charge is 0.491 e. The van der Waals surface area contributed by atoms with Crippen LogP contribution in [0.1, 0.15) is 0 Å². The molecule has 0 spiro atoms. The molecule has 0 amide bonds. The molecular weight excluding hydrogens is 473 g/mol. The van der Waals surface area contributed by atoms with Crippen molar-refractivity contribution < 1.29 is 35.5 Å². The molecule has 0 aliphatic heterocycles. The Morgan fingerprint density at radius 1 is 0.543 bits per heavy atom. The predicted octanol–water partition coefficient (Wildman–Crippen LogP) is 8.31. The van der Waals surface area contributed by atoms with E-state index in [0.717, 1.165) is 25.3 Å². The van der Waals surface area contributed by atoms with E-state index in [1.165, 1.54) is 6.07 Å². The zero-order valence-electron chi connectivity index (χ0n) is 17.8. The number of benzene rings is 5. The van der Waals surface area contributed by atoms with Gasteiger partial charge in [-0.3, -0.25) is 0 Å². The molecule has 0 atom stereocenters. The minimum Gasteiger partial charge on any atom is -0.491 e. The zero-order valence-corrected chi connectivity index (χ0v) is 17.8. The van der Waals surface area contributed by atoms with Crippen LogP contribution in [0.4, 0.5) is 30.7 Å². The molecule has 0 bridgehead atoms. The van der Waals surface area contributed by atoms with Gasteiger partial charge in [-0.2, -0.15) is 8.78 Å². The maximum atomic E-state index is 15.3. The molecule has 176 valence electrons. The number of rotatable bonds is 3. The zero-order chi connectivity index (χ0) is 25.0. The van der Waals surface area contributed by atoms with E-state index >= 15 is 17.6 Å². The Kier molecular flexibility index (Phi) is 5.39. The maximum absolute atomic E-state index is 15.3. The molecule has 0 aromatic heterocycles. The molecular formula is C27H13F7O. The fourth-order valence-electron chi connectivity index (χ4n) is 4.43. The minimum absolute atomic E-state index is 0.0834. The summed E-state index contributed by atoms with van der Waals surface area (Å²) < 4.78 is 109. The molecule has 0 N–H and O–H groups in total. The first kappa shape index (κ1) is 22.7. The van der Waals surface area contributed by atoms with Gasteiger partial charge in [0, 0.05) is 21.9 Å². The lowest BCUT2D eigenvalue weighted by molar-refractivity contribution is 0.334. The van der Waals surface area contributed by atoms with Crippen molar-refractivity contribution in [2.24, 2.45) is 0 Å². The Bertz CT molecular complexity index is 1620. The standard InChI is InChI=1S/C27H13F7O/c1-35-27-25(33)23(31)22(24(32)26(27)34)19-15-11-13(28)7-8-14(15)18(12-5-3-2-4-6-12)20-16(29)9-10-17(30)21(19)20/h2-11H,1H3. The van der Waals surface area contributed by atoms with Crippen LogP contribution in [-0.2, 0) is 0 Å². The second-order valence-electron chi connectivity index (χ2n) is 7.75. The Labute approximate surface area is 194 Å². The van der Waals surface area contributed by atoms with Crippen molar-refractivity contribution in [1.29, 1.82) is 0 Å². The molecule has 5 rings (SSSR count). The van der Waals surface area contributed by atoms with Gasteiger partial charge in [-0.15, -0.1) is 0 Å². The number of hydrogen-bond acceptors (Lipinski definition) is 1. The van der Waals surface area contributed by atoms with E-state index in [1.807, 2.05) is 0 Å². The minimum atomic E-state index is -1.90. The number of ether oxygens (including phenoxy) is 1. The molecule has 0 fully saturated rings. The van der Waals surface area contributed by atoms with Crippen LogP contribution in [0, 0.1) is 40.7 Å². The monoisotopic (exact) mass is 486 g/mol. The number of fused-ring (bicyclic) bond motifs is 2. The molecule has 0 aliphatic rings. The predicted molar refractivity (Wildman–Crippen MR) is 119 cm³/mol. The average Bonchev–Trinajstić information content (AvgIpc) is 2.85. The number of halogens is 7. The molecule has 0 aliphatic carbocycles. The summed E-state index contributed by atoms with van der Waals surface area (Å²) in [6, 6.07) is 12.8. The van der Waals surface area contributed by atoms with Crippen LogP contribution in [-0.4, -0.2) is 7.11 Å². The van der Waals surface area contributed by atoms with E-state index in [9.17, 15) is 13.2 Å². The smallest absolute Gasteiger partial charge is 0.204 e. The highest BCUT2D eigenvalue weighted by Crippen LogP contribution is 2.48. The van der Waals surface area contributed by atoms with Gasteiger partial charge >= 0.3 is 0 Å². The van der Waals surface area contributed by atoms with Crippen molar-refractivity contribution in [2.75, 3.05) is 7.11 Å². The van der Waals surface area contributed by atoms with E-state index in [1.54, 1.807) is 30.3 Å². The topological polar surface area (TPSA) is 9.23 Å². The maximum Gasteiger partial charge on any atom is 0.204 e. The molecule has 35 heavy (non-hydrogen) atoms. The fourth-order valence-corrected chi connectivity index (χ4v) is 4.43. The summed E-state index contributed by atoms with van der Waals surface area (Å²) in [7, 11) is 0.809. The van der Waals surface area contributed by atoms with E-state index in [-0.39, 0.29) is 21.7 Å². The summed E-state index contributed by atoms with van der Waals surface area (Å²) in [4.78, 5) is 0. The Morgan fingerprint density at radius 3 is 1.69 bits per heavy atom. The van der Waals surface area contributed by atoms with Gasteiger partial charge in [-0.1, -0.05) is 36.4 Å². The van der Waals surface area contributed by atoms with Gasteiger partial charge in [-0.05, 0) is 40.6 Å². The van der Waals surface area contributed by atoms with E-state index < -0.39 is 63.0 Å². The Balaban J connectivity index is 2.13. The first-order chi connectivity index (χ1) is 16.8. The summed E-state index contributed by atoms with van der Waals surface area (Å²) in [6.45, 7) is 0. The Morgan fingerprint density at radius 2 is 1.11 bits per heavy atom. The highest BCUT2D eigenvalue weighted by Gasteiger charge is 2.31. The van der Waals surface area contributed by atoms with Gasteiger partial charge in [0.1, 0.15) is 17.5 Å². The highest BCUT2D eigenvalue weighted by molar-refractivity contribution is 6.21. The third-order valence-corrected chi connectivity index (χ3v) is 5.86. The molecule has 5 aromatic carbocycles. The summed E-state index contributed by atoms with van der Waals surface area (Å²) in [5, 5.41) is -1.24. The molecule has 0 saturated heterocycles. The normalized spacial score (nSPS) is 11.4. The third-order valence-electron chi connectivity index (χ3n) is 5.86. The van der Waals surface area contributed by atoms with Crippen LogP contribution in [0.5, 0.6) is 5.75 Å². The summed E-state index contributed by atoms with van der Waals surface area (Å²) in [5.41, 5.74) is -1.53. The van der Waals surface area contributed by atoms with E-state index in [2.05, 4.69) is 4.74 Å². The van der Waals surface area contributed by atoms with Crippen molar-refractivity contribution in [1.82, 2.24) is 0 Å². The van der Waals surface area contributed by atoms with Crippen molar-refractivity contribution in [2.45, 2.75) is 0 Å². The van der Waals surface area contributed by atoms with Gasteiger partial charge in [0.05, 0.1) is 12.7 Å². The third kappa shape index (κ3) is 3.31. The molecule has 1 nitrogen and oxygen atoms in total. The molecule has 0 heterocycles. The van der Waals surface area contributed by atoms with Crippen molar-refractivity contribution in [3.05, 3.63) is 101 Å². The quantitative estimate of drug-likeness (QED) is 0.142. The molecule has 0 radical (unpaired) electrons. The van der Waals surface area contributed by atoms with Crippen LogP contribution in [0.25, 0.3) is 43.8 Å². The summed E-state index contributed by atoms with van der Waals surface area (Å²) in [6.07, 6.45) is 0. The summed E-state index contributed by atoms with van der Waals surface area (Å²) in [5.74, 6) is -11.8. The van der Waals surface area contributed by atoms with E-state index in [0.29, 0.717) is 11.6 Å². The van der Waals surface area contributed by atoms with Gasteiger partial charge < -0.3 is 4.74 Å². The second kappa shape index (κ2) is 8.30. The van der Waals surface area contributed by atoms with Crippen LogP contribution >= 0.6 is 0 Å². The SMILES string of the molecule is COc1c(F)c(F)c(-c2c3cc(F)ccc3c(-c3ccccc3)c3c(F)ccc(F)c23)c(F)c1F. The lowest BCUT2D eigenvalue weighted by Crippen LogP contribution is -2.05. The lowest BCUT2D eigenvalue weighted by Gasteiger charge is -2.20. The van der Waals surface area contributed by atoms with Crippen molar-refractivity contribution >= 4 is 21.5 Å². The molecule has 0 saturated carbocycles. The van der Waals surface area contributed by atoms with Crippen molar-refractivity contribution in [3.8, 4) is 28.0 Å². The Hall–Kier alpha value is -4.07. The molecule has 5 aromatic rings. The van der Waals surface area contributed by atoms with Crippen LogP contribution in [0.3, 0.4) is 0 Å². The number of methoxy groups -OCH3 is 1. The van der Waals surface area contributed by atoms with Gasteiger partial charge in [0.2, 0.25) is 11.6 Å². The van der Waals surface area contributed by atoms with E-state index in [4.69, 9.17) is 0 Å².